The van der Waals surface area contributed by atoms with Crippen molar-refractivity contribution < 1.29 is 0 Å². The van der Waals surface area contributed by atoms with E-state index in [1.807, 2.05) is 6.07 Å². The number of benzene rings is 8. The third-order valence-electron chi connectivity index (χ3n) is 8.36. The van der Waals surface area contributed by atoms with Gasteiger partial charge in [-0.1, -0.05) is 151 Å². The largest absolute Gasteiger partial charge is 0.113 e. The van der Waals surface area contributed by atoms with Crippen molar-refractivity contribution in [2.24, 2.45) is 0 Å². The summed E-state index contributed by atoms with van der Waals surface area (Å²) >= 11 is 0. The summed E-state index contributed by atoms with van der Waals surface area (Å²) in [5.74, 6) is 0. The highest BCUT2D eigenvalue weighted by Crippen LogP contribution is 2.44. The quantitative estimate of drug-likeness (QED) is 0.162. The molecule has 8 aromatic carbocycles. The number of hydrogen-bond donors (Lipinski definition) is 0. The first kappa shape index (κ1) is 23.7. The molecule has 188 valence electrons. The Labute approximate surface area is 240 Å². The average Bonchev–Trinajstić information content (AvgIpc) is 3.03. The summed E-state index contributed by atoms with van der Waals surface area (Å²) < 4.78 is 0. The van der Waals surface area contributed by atoms with Crippen LogP contribution < -0.4 is 5.46 Å². The fourth-order valence-corrected chi connectivity index (χ4v) is 6.46. The maximum atomic E-state index is 6.42. The van der Waals surface area contributed by atoms with Gasteiger partial charge >= 0.3 is 0 Å². The Kier molecular flexibility index (Phi) is 5.50. The summed E-state index contributed by atoms with van der Waals surface area (Å²) in [4.78, 5) is 0. The minimum Gasteiger partial charge on any atom is -0.0960 e. The fourth-order valence-electron chi connectivity index (χ4n) is 6.46. The fraction of sp³-hybridized carbons (Fsp3) is 0. The lowest BCUT2D eigenvalue weighted by Crippen LogP contribution is -2.02. The van der Waals surface area contributed by atoms with E-state index in [4.69, 9.17) is 7.85 Å². The summed E-state index contributed by atoms with van der Waals surface area (Å²) in [6.45, 7) is 0. The Bertz CT molecular complexity index is 2250. The lowest BCUT2D eigenvalue weighted by molar-refractivity contribution is 1.63. The Balaban J connectivity index is 1.38. The van der Waals surface area contributed by atoms with Crippen molar-refractivity contribution in [1.29, 1.82) is 0 Å². The summed E-state index contributed by atoms with van der Waals surface area (Å²) in [6, 6.07) is 54.6. The third-order valence-corrected chi connectivity index (χ3v) is 8.36. The maximum absolute atomic E-state index is 6.42. The molecule has 0 fully saturated rings. The lowest BCUT2D eigenvalue weighted by Gasteiger charge is -2.19. The molecule has 0 spiro atoms. The third kappa shape index (κ3) is 3.93. The molecule has 1 heteroatoms. The number of rotatable bonds is 3. The van der Waals surface area contributed by atoms with Gasteiger partial charge in [-0.2, -0.15) is 0 Å². The van der Waals surface area contributed by atoms with Crippen molar-refractivity contribution in [3.63, 3.8) is 0 Å². The van der Waals surface area contributed by atoms with Gasteiger partial charge in [0.15, 0.2) is 0 Å². The highest BCUT2D eigenvalue weighted by atomic mass is 14.2. The Morgan fingerprint density at radius 3 is 1.66 bits per heavy atom. The highest BCUT2D eigenvalue weighted by Gasteiger charge is 2.17. The molecule has 0 heterocycles. The zero-order chi connectivity index (χ0) is 27.3. The molecule has 0 nitrogen and oxygen atoms in total. The van der Waals surface area contributed by atoms with Crippen LogP contribution in [-0.2, 0) is 0 Å². The van der Waals surface area contributed by atoms with E-state index in [9.17, 15) is 0 Å². The van der Waals surface area contributed by atoms with Crippen LogP contribution in [-0.4, -0.2) is 7.85 Å². The van der Waals surface area contributed by atoms with Gasteiger partial charge in [-0.25, -0.2) is 0 Å². The van der Waals surface area contributed by atoms with Crippen LogP contribution in [0, 0.1) is 0 Å². The molecule has 0 amide bonds. The van der Waals surface area contributed by atoms with E-state index in [0.717, 1.165) is 5.46 Å². The standard InChI is InChI=1S/C40H25B/c41-32-22-23-37-38(25-32)40(31-21-16-26-8-1-2-10-30(26)24-31)36-14-6-5-13-35(36)39(37)29-19-17-28(18-20-29)34-15-7-11-27-9-3-4-12-33(27)34/h1-25H. The van der Waals surface area contributed by atoms with Crippen LogP contribution in [0.1, 0.15) is 0 Å². The van der Waals surface area contributed by atoms with E-state index in [2.05, 4.69) is 146 Å². The van der Waals surface area contributed by atoms with Crippen LogP contribution in [0.4, 0.5) is 0 Å². The first-order chi connectivity index (χ1) is 20.2. The van der Waals surface area contributed by atoms with Gasteiger partial charge in [-0.15, -0.1) is 0 Å². The van der Waals surface area contributed by atoms with E-state index in [-0.39, 0.29) is 0 Å². The highest BCUT2D eigenvalue weighted by molar-refractivity contribution is 6.34. The van der Waals surface area contributed by atoms with Gasteiger partial charge in [0.05, 0.1) is 0 Å². The minimum absolute atomic E-state index is 0.770. The van der Waals surface area contributed by atoms with Crippen LogP contribution in [0.2, 0.25) is 0 Å². The number of hydrogen-bond acceptors (Lipinski definition) is 0. The molecule has 0 aliphatic rings. The molecule has 0 aliphatic heterocycles. The molecule has 41 heavy (non-hydrogen) atoms. The molecule has 0 aromatic heterocycles. The second kappa shape index (κ2) is 9.50. The smallest absolute Gasteiger partial charge is 0.0960 e. The molecule has 0 N–H and O–H groups in total. The molecule has 0 bridgehead atoms. The summed E-state index contributed by atoms with van der Waals surface area (Å²) in [6.07, 6.45) is 0. The van der Waals surface area contributed by atoms with Gasteiger partial charge in [0.2, 0.25) is 0 Å². The predicted octanol–water partition coefficient (Wildman–Crippen LogP) is 10.1. The number of fused-ring (bicyclic) bond motifs is 4. The van der Waals surface area contributed by atoms with Gasteiger partial charge in [0.1, 0.15) is 7.85 Å². The molecule has 8 aromatic rings. The van der Waals surface area contributed by atoms with Crippen LogP contribution in [0.3, 0.4) is 0 Å². The topological polar surface area (TPSA) is 0 Å². The summed E-state index contributed by atoms with van der Waals surface area (Å²) in [5.41, 5.74) is 8.11. The van der Waals surface area contributed by atoms with Crippen LogP contribution in [0.15, 0.2) is 152 Å². The Morgan fingerprint density at radius 1 is 0.317 bits per heavy atom. The first-order valence-corrected chi connectivity index (χ1v) is 14.1. The minimum atomic E-state index is 0.770. The molecule has 0 saturated carbocycles. The Morgan fingerprint density at radius 2 is 0.878 bits per heavy atom. The monoisotopic (exact) mass is 516 g/mol. The molecule has 0 unspecified atom stereocenters. The normalized spacial score (nSPS) is 11.5. The summed E-state index contributed by atoms with van der Waals surface area (Å²) in [7, 11) is 6.42. The van der Waals surface area contributed by atoms with E-state index >= 15 is 0 Å². The molecule has 2 radical (unpaired) electrons. The molecule has 8 rings (SSSR count). The van der Waals surface area contributed by atoms with E-state index in [1.54, 1.807) is 0 Å². The average molecular weight is 516 g/mol. The van der Waals surface area contributed by atoms with E-state index < -0.39 is 0 Å². The van der Waals surface area contributed by atoms with Gasteiger partial charge < -0.3 is 0 Å². The van der Waals surface area contributed by atoms with Gasteiger partial charge in [-0.05, 0) is 82.5 Å². The van der Waals surface area contributed by atoms with Gasteiger partial charge in [0.25, 0.3) is 0 Å². The van der Waals surface area contributed by atoms with Crippen molar-refractivity contribution in [1.82, 2.24) is 0 Å². The molecule has 0 aliphatic carbocycles. The van der Waals surface area contributed by atoms with Crippen molar-refractivity contribution >= 4 is 56.4 Å². The van der Waals surface area contributed by atoms with Gasteiger partial charge in [-0.3, -0.25) is 0 Å². The van der Waals surface area contributed by atoms with Crippen LogP contribution in [0.5, 0.6) is 0 Å². The van der Waals surface area contributed by atoms with Crippen LogP contribution >= 0.6 is 0 Å². The molecule has 0 atom stereocenters. The zero-order valence-corrected chi connectivity index (χ0v) is 22.5. The van der Waals surface area contributed by atoms with Crippen molar-refractivity contribution in [3.05, 3.63) is 152 Å². The van der Waals surface area contributed by atoms with Crippen molar-refractivity contribution in [3.8, 4) is 33.4 Å². The molecular formula is C40H25B. The second-order valence-corrected chi connectivity index (χ2v) is 10.8. The van der Waals surface area contributed by atoms with E-state index in [0.29, 0.717) is 0 Å². The SMILES string of the molecule is [B]c1ccc2c(-c3ccc(-c4cccc5ccccc45)cc3)c3ccccc3c(-c3ccc4ccccc4c3)c2c1. The lowest BCUT2D eigenvalue weighted by atomic mass is 9.83. The second-order valence-electron chi connectivity index (χ2n) is 10.8. The van der Waals surface area contributed by atoms with Crippen molar-refractivity contribution in [2.75, 3.05) is 0 Å². The van der Waals surface area contributed by atoms with Crippen LogP contribution in [0.25, 0.3) is 76.5 Å². The molecule has 0 saturated heterocycles. The molecular weight excluding hydrogens is 491 g/mol. The maximum Gasteiger partial charge on any atom is 0.113 e. The van der Waals surface area contributed by atoms with Gasteiger partial charge in [0, 0.05) is 0 Å². The first-order valence-electron chi connectivity index (χ1n) is 14.1. The van der Waals surface area contributed by atoms with Crippen molar-refractivity contribution in [2.45, 2.75) is 0 Å². The summed E-state index contributed by atoms with van der Waals surface area (Å²) in [5, 5.41) is 9.86. The zero-order valence-electron chi connectivity index (χ0n) is 22.5. The Hall–Kier alpha value is -5.14. The predicted molar refractivity (Wildman–Crippen MR) is 178 cm³/mol. The van der Waals surface area contributed by atoms with E-state index in [1.165, 1.54) is 76.5 Å².